The first-order valence-electron chi connectivity index (χ1n) is 1.10. The van der Waals surface area contributed by atoms with Crippen LogP contribution in [0, 0.1) is 0 Å². The average Bonchev–Trinajstić information content (AvgIpc) is 1.61. The van der Waals surface area contributed by atoms with Crippen LogP contribution in [-0.2, 0) is 0 Å². The number of rotatable bonds is 0. The lowest BCUT2D eigenvalue weighted by Gasteiger charge is -1.50. The van der Waals surface area contributed by atoms with E-state index in [0.29, 0.717) is 0 Å². The predicted octanol–water partition coefficient (Wildman–Crippen LogP) is -0.340. The molecule has 0 aromatic carbocycles. The highest BCUT2D eigenvalue weighted by Gasteiger charge is 1.39. The third kappa shape index (κ3) is 2.76. The van der Waals surface area contributed by atoms with Crippen molar-refractivity contribution in [3.05, 3.63) is 0 Å². The van der Waals surface area contributed by atoms with Crippen LogP contribution in [0.25, 0.3) is 0 Å². The third-order valence-electron chi connectivity index (χ3n) is 0.150. The highest BCUT2D eigenvalue weighted by Crippen LogP contribution is 1.35. The molecule has 6 heavy (non-hydrogen) atoms. The van der Waals surface area contributed by atoms with Crippen LogP contribution in [0.1, 0.15) is 0 Å². The van der Waals surface area contributed by atoms with E-state index in [-0.39, 0.29) is 0 Å². The van der Waals surface area contributed by atoms with Gasteiger partial charge in [0.05, 0.1) is 0 Å². The second-order valence-corrected chi connectivity index (χ2v) is 0.424. The Kier molecular flexibility index (Phi) is 2.98. The Morgan fingerprint density at radius 3 is 1.50 bits per heavy atom. The highest BCUT2D eigenvalue weighted by molar-refractivity contribution is 5.87. The van der Waals surface area contributed by atoms with E-state index in [0.717, 1.165) is 0 Å². The van der Waals surface area contributed by atoms with Gasteiger partial charge in [0.15, 0.2) is 0 Å². The Morgan fingerprint density at radius 2 is 1.33 bits per heavy atom. The van der Waals surface area contributed by atoms with Crippen molar-refractivity contribution >= 4 is 11.7 Å². The lowest BCUT2D eigenvalue weighted by molar-refractivity contribution is 0.319. The monoisotopic (exact) mass is 86.0 g/mol. The first-order valence-corrected chi connectivity index (χ1v) is 1.10. The van der Waals surface area contributed by atoms with E-state index in [1.54, 1.807) is 11.7 Å². The highest BCUT2D eigenvalue weighted by atomic mass is 16.4. The molecular formula is C2H2N2O2. The van der Waals surface area contributed by atoms with Gasteiger partial charge in [0.2, 0.25) is 0 Å². The van der Waals surface area contributed by atoms with Gasteiger partial charge in [-0.15, -0.1) is 0 Å². The molecule has 0 bridgehead atoms. The molecule has 2 N–H and O–H groups in total. The second kappa shape index (κ2) is 3.76. The summed E-state index contributed by atoms with van der Waals surface area (Å²) in [6.45, 7) is 0. The van der Waals surface area contributed by atoms with Gasteiger partial charge >= 0.3 is 0 Å². The Bertz CT molecular complexity index is 92.7. The molecule has 0 saturated carbocycles. The van der Waals surface area contributed by atoms with Crippen LogP contribution in [-0.4, -0.2) is 22.2 Å². The molecule has 0 aliphatic carbocycles. The van der Waals surface area contributed by atoms with Gasteiger partial charge in [-0.25, -0.2) is 0 Å². The van der Waals surface area contributed by atoms with E-state index in [9.17, 15) is 0 Å². The molecule has 0 atom stereocenters. The molecular weight excluding hydrogens is 84.0 g/mol. The normalized spacial score (nSPS) is 4.67. The van der Waals surface area contributed by atoms with Gasteiger partial charge in [-0.05, 0) is 10.3 Å². The lowest BCUT2D eigenvalue weighted by atomic mass is 11.1. The zero-order valence-electron chi connectivity index (χ0n) is 2.79. The van der Waals surface area contributed by atoms with Crippen molar-refractivity contribution in [1.82, 2.24) is 0 Å². The maximum absolute atomic E-state index is 7.48. The molecule has 0 heterocycles. The maximum atomic E-state index is 7.48. The zero-order valence-corrected chi connectivity index (χ0v) is 2.79. The smallest absolute Gasteiger partial charge is 0.104 e. The predicted molar refractivity (Wildman–Crippen MR) is 18.4 cm³/mol. The molecule has 4 heteroatoms. The molecule has 0 aromatic rings. The molecule has 32 valence electrons. The Balaban J connectivity index is 3.79. The second-order valence-electron chi connectivity index (χ2n) is 0.424. The Hall–Kier alpha value is -1.24. The standard InChI is InChI=1S/C2H2N2O2/c5-3-1-2-4-6/h5-6H. The molecule has 0 aliphatic rings. The number of hydrogen-bond acceptors (Lipinski definition) is 4. The minimum Gasteiger partial charge on any atom is -0.403 e. The maximum Gasteiger partial charge on any atom is 0.104 e. The van der Waals surface area contributed by atoms with Crippen molar-refractivity contribution < 1.29 is 10.4 Å². The first-order chi connectivity index (χ1) is 2.91. The summed E-state index contributed by atoms with van der Waals surface area (Å²) in [5, 5.41) is 19.6. The van der Waals surface area contributed by atoms with Gasteiger partial charge in [-0.1, -0.05) is 0 Å². The van der Waals surface area contributed by atoms with Crippen molar-refractivity contribution in [2.45, 2.75) is 0 Å². The molecule has 0 fully saturated rings. The fourth-order valence-electron chi connectivity index (χ4n) is 0.0447. The van der Waals surface area contributed by atoms with Crippen LogP contribution in [0.5, 0.6) is 0 Å². The fourth-order valence-corrected chi connectivity index (χ4v) is 0.0447. The molecule has 0 amide bonds. The van der Waals surface area contributed by atoms with Gasteiger partial charge in [0.25, 0.3) is 0 Å². The zero-order chi connectivity index (χ0) is 4.83. The molecule has 4 nitrogen and oxygen atoms in total. The average molecular weight is 86.0 g/mol. The van der Waals surface area contributed by atoms with Crippen LogP contribution in [0.3, 0.4) is 0 Å². The summed E-state index contributed by atoms with van der Waals surface area (Å²) in [5.74, 6) is 3.42. The summed E-state index contributed by atoms with van der Waals surface area (Å²) in [6, 6.07) is 0. The summed E-state index contributed by atoms with van der Waals surface area (Å²) in [4.78, 5) is 0. The largest absolute Gasteiger partial charge is 0.403 e. The van der Waals surface area contributed by atoms with Crippen LogP contribution in [0.4, 0.5) is 0 Å². The van der Waals surface area contributed by atoms with E-state index < -0.39 is 0 Å². The number of nitrogens with zero attached hydrogens (tertiary/aromatic N) is 2. The Morgan fingerprint density at radius 1 is 1.00 bits per heavy atom. The molecule has 0 rings (SSSR count). The SMILES string of the molecule is ON=C=C=NO. The van der Waals surface area contributed by atoms with Crippen LogP contribution >= 0.6 is 0 Å². The molecule has 0 spiro atoms. The van der Waals surface area contributed by atoms with Crippen molar-refractivity contribution in [2.75, 3.05) is 0 Å². The van der Waals surface area contributed by atoms with Crippen LogP contribution in [0.2, 0.25) is 0 Å². The topological polar surface area (TPSA) is 65.2 Å². The summed E-state index contributed by atoms with van der Waals surface area (Å²) in [7, 11) is 0. The van der Waals surface area contributed by atoms with Gasteiger partial charge in [-0.3, -0.25) is 0 Å². The lowest BCUT2D eigenvalue weighted by Crippen LogP contribution is -1.53. The van der Waals surface area contributed by atoms with E-state index in [1.165, 1.54) is 0 Å². The molecule has 0 saturated heterocycles. The van der Waals surface area contributed by atoms with Crippen molar-refractivity contribution in [3.8, 4) is 0 Å². The van der Waals surface area contributed by atoms with Gasteiger partial charge in [0.1, 0.15) is 11.7 Å². The van der Waals surface area contributed by atoms with E-state index in [4.69, 9.17) is 10.4 Å². The minimum absolute atomic E-state index is 1.71. The first kappa shape index (κ1) is 4.76. The molecule has 0 radical (unpaired) electrons. The summed E-state index contributed by atoms with van der Waals surface area (Å²) in [5.41, 5.74) is 0. The van der Waals surface area contributed by atoms with E-state index in [2.05, 4.69) is 10.3 Å². The number of hydrogen-bond donors (Lipinski definition) is 2. The van der Waals surface area contributed by atoms with Gasteiger partial charge < -0.3 is 10.4 Å². The third-order valence-corrected chi connectivity index (χ3v) is 0.150. The summed E-state index contributed by atoms with van der Waals surface area (Å²) >= 11 is 0. The summed E-state index contributed by atoms with van der Waals surface area (Å²) < 4.78 is 0. The van der Waals surface area contributed by atoms with Crippen LogP contribution in [0.15, 0.2) is 10.3 Å². The summed E-state index contributed by atoms with van der Waals surface area (Å²) in [6.07, 6.45) is 0. The molecule has 0 aromatic heterocycles. The molecule has 0 aliphatic heterocycles. The quantitative estimate of drug-likeness (QED) is 0.240. The van der Waals surface area contributed by atoms with Crippen molar-refractivity contribution in [3.63, 3.8) is 0 Å². The van der Waals surface area contributed by atoms with Crippen molar-refractivity contribution in [1.29, 1.82) is 0 Å². The van der Waals surface area contributed by atoms with E-state index >= 15 is 0 Å². The minimum atomic E-state index is 1.71. The van der Waals surface area contributed by atoms with Crippen LogP contribution < -0.4 is 0 Å². The van der Waals surface area contributed by atoms with Gasteiger partial charge in [0, 0.05) is 0 Å². The van der Waals surface area contributed by atoms with Gasteiger partial charge in [-0.2, -0.15) is 0 Å². The fraction of sp³-hybridized carbons (Fsp3) is 0. The Labute approximate surface area is 33.7 Å². The molecule has 0 unspecified atom stereocenters. The van der Waals surface area contributed by atoms with Crippen molar-refractivity contribution in [2.24, 2.45) is 10.3 Å². The van der Waals surface area contributed by atoms with E-state index in [1.807, 2.05) is 0 Å².